The number of benzene rings is 1. The molecule has 2 heterocycles. The van der Waals surface area contributed by atoms with Crippen molar-refractivity contribution < 1.29 is 0 Å². The Morgan fingerprint density at radius 3 is 2.60 bits per heavy atom. The maximum absolute atomic E-state index is 4.03. The minimum Gasteiger partial charge on any atom is -0.361 e. The standard InChI is InChI=1S/C15H19N3.2ClH/c1-2-15(18-10-8-16-9-11-18)13-4-3-5-14-12(13)6-7-17-14;;/h2-7,15-17H,1,8-11H2;2*1H/t15-;;/m0../s1. The molecule has 0 saturated carbocycles. The molecule has 0 bridgehead atoms. The minimum absolute atomic E-state index is 0. The van der Waals surface area contributed by atoms with Gasteiger partial charge in [0.25, 0.3) is 0 Å². The van der Waals surface area contributed by atoms with E-state index in [0.717, 1.165) is 26.2 Å². The first-order valence-corrected chi connectivity index (χ1v) is 6.53. The molecule has 0 unspecified atom stereocenters. The van der Waals surface area contributed by atoms with E-state index >= 15 is 0 Å². The van der Waals surface area contributed by atoms with Crippen LogP contribution in [0.3, 0.4) is 0 Å². The number of nitrogens with zero attached hydrogens (tertiary/aromatic N) is 1. The zero-order chi connectivity index (χ0) is 12.4. The van der Waals surface area contributed by atoms with Gasteiger partial charge in [-0.25, -0.2) is 0 Å². The first-order valence-electron chi connectivity index (χ1n) is 6.53. The minimum atomic E-state index is 0. The molecule has 1 aliphatic rings. The fourth-order valence-corrected chi connectivity index (χ4v) is 2.80. The van der Waals surface area contributed by atoms with E-state index in [2.05, 4.69) is 52.1 Å². The van der Waals surface area contributed by atoms with Gasteiger partial charge < -0.3 is 10.3 Å². The van der Waals surface area contributed by atoms with Crippen LogP contribution in [-0.2, 0) is 0 Å². The Bertz CT molecular complexity index is 547. The summed E-state index contributed by atoms with van der Waals surface area (Å²) >= 11 is 0. The average Bonchev–Trinajstić information content (AvgIpc) is 2.90. The zero-order valence-electron chi connectivity index (χ0n) is 11.3. The fraction of sp³-hybridized carbons (Fsp3) is 0.333. The lowest BCUT2D eigenvalue weighted by Gasteiger charge is -2.33. The summed E-state index contributed by atoms with van der Waals surface area (Å²) in [4.78, 5) is 5.77. The SMILES string of the molecule is C=C[C@@H](c1cccc2[nH]ccc12)N1CCNCC1.Cl.Cl. The predicted molar refractivity (Wildman–Crippen MR) is 90.2 cm³/mol. The highest BCUT2D eigenvalue weighted by Crippen LogP contribution is 2.28. The molecule has 0 amide bonds. The van der Waals surface area contributed by atoms with Crippen molar-refractivity contribution in [2.24, 2.45) is 0 Å². The number of rotatable bonds is 3. The summed E-state index contributed by atoms with van der Waals surface area (Å²) in [6.45, 7) is 8.32. The van der Waals surface area contributed by atoms with Gasteiger partial charge in [0.2, 0.25) is 0 Å². The second-order valence-electron chi connectivity index (χ2n) is 4.75. The van der Waals surface area contributed by atoms with Gasteiger partial charge in [0.1, 0.15) is 0 Å². The van der Waals surface area contributed by atoms with Crippen molar-refractivity contribution in [2.75, 3.05) is 26.2 Å². The molecule has 0 radical (unpaired) electrons. The van der Waals surface area contributed by atoms with E-state index in [9.17, 15) is 0 Å². The molecule has 0 aliphatic carbocycles. The van der Waals surface area contributed by atoms with Crippen LogP contribution in [0.2, 0.25) is 0 Å². The highest BCUT2D eigenvalue weighted by molar-refractivity contribution is 5.85. The van der Waals surface area contributed by atoms with E-state index in [1.54, 1.807) is 0 Å². The Kier molecular flexibility index (Phi) is 6.56. The number of fused-ring (bicyclic) bond motifs is 1. The van der Waals surface area contributed by atoms with Crippen molar-refractivity contribution in [1.29, 1.82) is 0 Å². The Morgan fingerprint density at radius 2 is 1.90 bits per heavy atom. The second kappa shape index (κ2) is 7.70. The zero-order valence-corrected chi connectivity index (χ0v) is 13.0. The monoisotopic (exact) mass is 313 g/mol. The highest BCUT2D eigenvalue weighted by atomic mass is 35.5. The van der Waals surface area contributed by atoms with E-state index in [-0.39, 0.29) is 24.8 Å². The normalized spacial score (nSPS) is 17.0. The van der Waals surface area contributed by atoms with Crippen molar-refractivity contribution in [2.45, 2.75) is 6.04 Å². The fourth-order valence-electron chi connectivity index (χ4n) is 2.80. The van der Waals surface area contributed by atoms with Crippen LogP contribution in [0.1, 0.15) is 11.6 Å². The van der Waals surface area contributed by atoms with Crippen molar-refractivity contribution >= 4 is 35.7 Å². The summed E-state index contributed by atoms with van der Waals surface area (Å²) < 4.78 is 0. The molecule has 3 rings (SSSR count). The van der Waals surface area contributed by atoms with Crippen LogP contribution >= 0.6 is 24.8 Å². The summed E-state index contributed by atoms with van der Waals surface area (Å²) in [5.41, 5.74) is 2.56. The smallest absolute Gasteiger partial charge is 0.0536 e. The largest absolute Gasteiger partial charge is 0.361 e. The number of piperazine rings is 1. The molecule has 110 valence electrons. The maximum atomic E-state index is 4.03. The second-order valence-corrected chi connectivity index (χ2v) is 4.75. The molecule has 20 heavy (non-hydrogen) atoms. The number of hydrogen-bond donors (Lipinski definition) is 2. The molecule has 3 nitrogen and oxygen atoms in total. The Labute approximate surface area is 132 Å². The number of nitrogens with one attached hydrogen (secondary N) is 2. The molecule has 1 fully saturated rings. The maximum Gasteiger partial charge on any atom is 0.0536 e. The molecular weight excluding hydrogens is 293 g/mol. The van der Waals surface area contributed by atoms with E-state index in [1.165, 1.54) is 16.5 Å². The van der Waals surface area contributed by atoms with Crippen LogP contribution in [0.4, 0.5) is 0 Å². The van der Waals surface area contributed by atoms with Crippen LogP contribution < -0.4 is 5.32 Å². The van der Waals surface area contributed by atoms with Crippen molar-refractivity contribution in [3.05, 3.63) is 48.7 Å². The van der Waals surface area contributed by atoms with Gasteiger partial charge >= 0.3 is 0 Å². The van der Waals surface area contributed by atoms with Crippen molar-refractivity contribution in [3.63, 3.8) is 0 Å². The number of H-pyrrole nitrogens is 1. The van der Waals surface area contributed by atoms with Gasteiger partial charge in [-0.2, -0.15) is 0 Å². The van der Waals surface area contributed by atoms with Crippen LogP contribution in [0, 0.1) is 0 Å². The third kappa shape index (κ3) is 3.18. The lowest BCUT2D eigenvalue weighted by molar-refractivity contribution is 0.204. The molecule has 2 aromatic rings. The summed E-state index contributed by atoms with van der Waals surface area (Å²) in [5.74, 6) is 0. The summed E-state index contributed by atoms with van der Waals surface area (Å²) in [6, 6.07) is 8.92. The van der Waals surface area contributed by atoms with Gasteiger partial charge in [0, 0.05) is 43.3 Å². The molecule has 1 aromatic heterocycles. The van der Waals surface area contributed by atoms with Gasteiger partial charge in [-0.3, -0.25) is 4.90 Å². The van der Waals surface area contributed by atoms with Crippen LogP contribution in [0.5, 0.6) is 0 Å². The summed E-state index contributed by atoms with van der Waals surface area (Å²) in [6.07, 6.45) is 4.07. The van der Waals surface area contributed by atoms with Gasteiger partial charge in [0.15, 0.2) is 0 Å². The average molecular weight is 314 g/mol. The van der Waals surface area contributed by atoms with Crippen LogP contribution in [0.25, 0.3) is 10.9 Å². The molecule has 2 N–H and O–H groups in total. The topological polar surface area (TPSA) is 31.1 Å². The highest BCUT2D eigenvalue weighted by Gasteiger charge is 2.20. The summed E-state index contributed by atoms with van der Waals surface area (Å²) in [7, 11) is 0. The third-order valence-electron chi connectivity index (χ3n) is 3.72. The Morgan fingerprint density at radius 1 is 1.15 bits per heavy atom. The van der Waals surface area contributed by atoms with E-state index in [4.69, 9.17) is 0 Å². The number of halogens is 2. The first kappa shape index (κ1) is 17.1. The van der Waals surface area contributed by atoms with Gasteiger partial charge in [-0.05, 0) is 17.7 Å². The van der Waals surface area contributed by atoms with Crippen LogP contribution in [0.15, 0.2) is 43.1 Å². The molecular formula is C15H21Cl2N3. The lowest BCUT2D eigenvalue weighted by atomic mass is 10.0. The van der Waals surface area contributed by atoms with Gasteiger partial charge in [-0.1, -0.05) is 18.2 Å². The van der Waals surface area contributed by atoms with Gasteiger partial charge in [-0.15, -0.1) is 31.4 Å². The number of aromatic amines is 1. The van der Waals surface area contributed by atoms with Crippen LogP contribution in [-0.4, -0.2) is 36.1 Å². The molecule has 1 aromatic carbocycles. The number of hydrogen-bond acceptors (Lipinski definition) is 2. The molecule has 5 heteroatoms. The van der Waals surface area contributed by atoms with E-state index < -0.39 is 0 Å². The van der Waals surface area contributed by atoms with Crippen molar-refractivity contribution in [3.8, 4) is 0 Å². The van der Waals surface area contributed by atoms with E-state index in [1.807, 2.05) is 6.20 Å². The molecule has 1 saturated heterocycles. The van der Waals surface area contributed by atoms with E-state index in [0.29, 0.717) is 6.04 Å². The molecule has 1 aliphatic heterocycles. The quantitative estimate of drug-likeness (QED) is 0.853. The summed E-state index contributed by atoms with van der Waals surface area (Å²) in [5, 5.41) is 4.70. The molecule has 1 atom stereocenters. The molecule has 0 spiro atoms. The Hall–Kier alpha value is -1.00. The Balaban J connectivity index is 0.000001000. The third-order valence-corrected chi connectivity index (χ3v) is 3.72. The number of aromatic nitrogens is 1. The van der Waals surface area contributed by atoms with Gasteiger partial charge in [0.05, 0.1) is 6.04 Å². The lowest BCUT2D eigenvalue weighted by Crippen LogP contribution is -2.44. The first-order chi connectivity index (χ1) is 8.90. The van der Waals surface area contributed by atoms with Crippen molar-refractivity contribution in [1.82, 2.24) is 15.2 Å². The predicted octanol–water partition coefficient (Wildman–Crippen LogP) is 3.14.